The molecule has 1 aliphatic rings. The minimum absolute atomic E-state index is 0.0992. The number of ether oxygens (including phenoxy) is 1. The molecule has 1 saturated heterocycles. The van der Waals surface area contributed by atoms with Gasteiger partial charge in [0.25, 0.3) is 0 Å². The van der Waals surface area contributed by atoms with Crippen molar-refractivity contribution in [3.63, 3.8) is 0 Å². The molecule has 2 N–H and O–H groups in total. The van der Waals surface area contributed by atoms with Crippen LogP contribution in [0.1, 0.15) is 34.1 Å². The molecule has 0 radical (unpaired) electrons. The summed E-state index contributed by atoms with van der Waals surface area (Å²) in [5.74, 6) is 0. The van der Waals surface area contributed by atoms with Gasteiger partial charge < -0.3 is 19.8 Å². The fraction of sp³-hybridized carbons (Fsp3) is 0.929. The third-order valence-corrected chi connectivity index (χ3v) is 3.35. The summed E-state index contributed by atoms with van der Waals surface area (Å²) in [4.78, 5) is 15.8. The number of carbonyl (C=O) groups is 1. The van der Waals surface area contributed by atoms with Gasteiger partial charge in [0.1, 0.15) is 5.60 Å². The monoisotopic (exact) mass is 288 g/mol. The normalized spacial score (nSPS) is 22.7. The molecule has 0 aliphatic carbocycles. The molecule has 0 aromatic carbocycles. The van der Waals surface area contributed by atoms with E-state index in [1.54, 1.807) is 4.90 Å². The van der Waals surface area contributed by atoms with Crippen molar-refractivity contribution in [2.75, 3.05) is 32.8 Å². The maximum Gasteiger partial charge on any atom is 0.410 e. The first-order chi connectivity index (χ1) is 9.26. The number of piperazine rings is 1. The van der Waals surface area contributed by atoms with E-state index in [0.717, 1.165) is 0 Å². The Bertz CT molecular complexity index is 317. The van der Waals surface area contributed by atoms with Crippen molar-refractivity contribution in [2.45, 2.75) is 51.9 Å². The van der Waals surface area contributed by atoms with Crippen LogP contribution in [0.5, 0.6) is 0 Å². The van der Waals surface area contributed by atoms with Crippen LogP contribution in [-0.4, -0.2) is 76.6 Å². The van der Waals surface area contributed by atoms with Crippen LogP contribution in [0.25, 0.3) is 0 Å². The Morgan fingerprint density at radius 3 is 2.55 bits per heavy atom. The van der Waals surface area contributed by atoms with E-state index in [1.165, 1.54) is 0 Å². The lowest BCUT2D eigenvalue weighted by molar-refractivity contribution is -0.0176. The molecule has 6 nitrogen and oxygen atoms in total. The third kappa shape index (κ3) is 5.26. The molecule has 1 rings (SSSR count). The highest BCUT2D eigenvalue weighted by atomic mass is 16.6. The first-order valence-electron chi connectivity index (χ1n) is 7.27. The van der Waals surface area contributed by atoms with Crippen molar-refractivity contribution in [3.8, 4) is 0 Å². The molecule has 1 heterocycles. The van der Waals surface area contributed by atoms with Crippen LogP contribution in [-0.2, 0) is 4.74 Å². The predicted octanol–water partition coefficient (Wildman–Crippen LogP) is 0.671. The molecule has 0 aromatic rings. The van der Waals surface area contributed by atoms with Gasteiger partial charge >= 0.3 is 6.09 Å². The van der Waals surface area contributed by atoms with Crippen LogP contribution in [0.2, 0.25) is 0 Å². The molecule has 1 fully saturated rings. The van der Waals surface area contributed by atoms with E-state index < -0.39 is 5.60 Å². The lowest BCUT2D eigenvalue weighted by Crippen LogP contribution is -2.58. The summed E-state index contributed by atoms with van der Waals surface area (Å²) in [6.45, 7) is 9.65. The zero-order valence-electron chi connectivity index (χ0n) is 13.0. The smallest absolute Gasteiger partial charge is 0.410 e. The third-order valence-electron chi connectivity index (χ3n) is 3.35. The zero-order valence-corrected chi connectivity index (χ0v) is 13.0. The summed E-state index contributed by atoms with van der Waals surface area (Å²) in [6, 6.07) is -0.275. The number of nitrogens with zero attached hydrogens (tertiary/aromatic N) is 2. The quantitative estimate of drug-likeness (QED) is 0.795. The largest absolute Gasteiger partial charge is 0.444 e. The van der Waals surface area contributed by atoms with Crippen LogP contribution in [0.15, 0.2) is 0 Å². The molecule has 0 aromatic heterocycles. The van der Waals surface area contributed by atoms with Crippen molar-refractivity contribution in [2.24, 2.45) is 0 Å². The van der Waals surface area contributed by atoms with Crippen molar-refractivity contribution in [3.05, 3.63) is 0 Å². The Balaban J connectivity index is 2.58. The summed E-state index contributed by atoms with van der Waals surface area (Å²) in [5.41, 5.74) is -0.535. The summed E-state index contributed by atoms with van der Waals surface area (Å²) < 4.78 is 5.35. The second-order valence-corrected chi connectivity index (χ2v) is 6.33. The number of aliphatic hydroxyl groups is 2. The van der Waals surface area contributed by atoms with Gasteiger partial charge in [-0.25, -0.2) is 4.79 Å². The van der Waals surface area contributed by atoms with Gasteiger partial charge in [-0.15, -0.1) is 0 Å². The topological polar surface area (TPSA) is 73.2 Å². The first kappa shape index (κ1) is 17.2. The number of carbonyl (C=O) groups excluding carboxylic acids is 1. The maximum atomic E-state index is 12.1. The van der Waals surface area contributed by atoms with E-state index in [0.29, 0.717) is 32.6 Å². The van der Waals surface area contributed by atoms with Crippen molar-refractivity contribution in [1.82, 2.24) is 9.80 Å². The van der Waals surface area contributed by atoms with E-state index >= 15 is 0 Å². The first-order valence-corrected chi connectivity index (χ1v) is 7.27. The Kier molecular flexibility index (Phi) is 6.23. The maximum absolute atomic E-state index is 12.1. The van der Waals surface area contributed by atoms with Crippen molar-refractivity contribution < 1.29 is 19.7 Å². The molecule has 0 bridgehead atoms. The summed E-state index contributed by atoms with van der Waals surface area (Å²) in [6.07, 6.45) is -0.0366. The van der Waals surface area contributed by atoms with E-state index in [9.17, 15) is 15.0 Å². The summed E-state index contributed by atoms with van der Waals surface area (Å²) in [5, 5.41) is 19.2. The molecule has 20 heavy (non-hydrogen) atoms. The van der Waals surface area contributed by atoms with E-state index in [1.807, 2.05) is 27.7 Å². The molecule has 1 amide bonds. The molecule has 0 saturated carbocycles. The number of hydrogen-bond donors (Lipinski definition) is 2. The van der Waals surface area contributed by atoms with Crippen LogP contribution in [0.3, 0.4) is 0 Å². The number of hydrogen-bond acceptors (Lipinski definition) is 5. The summed E-state index contributed by atoms with van der Waals surface area (Å²) in [7, 11) is 0. The van der Waals surface area contributed by atoms with E-state index in [4.69, 9.17) is 4.74 Å². The SMILES string of the molecule is CC[C@@H](O)CN1CCN(C(=O)OC(C)(C)C)[C@H](CO)C1. The van der Waals surface area contributed by atoms with Gasteiger partial charge in [0.2, 0.25) is 0 Å². The molecule has 2 atom stereocenters. The molecule has 0 spiro atoms. The second kappa shape index (κ2) is 7.24. The Morgan fingerprint density at radius 1 is 1.40 bits per heavy atom. The van der Waals surface area contributed by atoms with E-state index in [2.05, 4.69) is 4.90 Å². The number of aliphatic hydroxyl groups excluding tert-OH is 2. The molecule has 118 valence electrons. The van der Waals surface area contributed by atoms with Crippen LogP contribution in [0.4, 0.5) is 4.79 Å². The van der Waals surface area contributed by atoms with Gasteiger partial charge in [-0.3, -0.25) is 4.90 Å². The van der Waals surface area contributed by atoms with Gasteiger partial charge in [-0.05, 0) is 27.2 Å². The minimum atomic E-state index is -0.535. The fourth-order valence-electron chi connectivity index (χ4n) is 2.23. The predicted molar refractivity (Wildman–Crippen MR) is 76.6 cm³/mol. The van der Waals surface area contributed by atoms with Gasteiger partial charge in [0.15, 0.2) is 0 Å². The van der Waals surface area contributed by atoms with Gasteiger partial charge in [-0.2, -0.15) is 0 Å². The molecular formula is C14H28N2O4. The van der Waals surface area contributed by atoms with Crippen LogP contribution in [0, 0.1) is 0 Å². The highest BCUT2D eigenvalue weighted by Gasteiger charge is 2.33. The number of amides is 1. The highest BCUT2D eigenvalue weighted by molar-refractivity contribution is 5.68. The van der Waals surface area contributed by atoms with E-state index in [-0.39, 0.29) is 24.8 Å². The molecule has 0 unspecified atom stereocenters. The molecule has 1 aliphatic heterocycles. The van der Waals surface area contributed by atoms with Gasteiger partial charge in [0.05, 0.1) is 18.8 Å². The standard InChI is InChI=1S/C14H28N2O4/c1-5-12(18)9-15-6-7-16(11(8-15)10-17)13(19)20-14(2,3)4/h11-12,17-18H,5-10H2,1-4H3/t11-,12+/m0/s1. The molecular weight excluding hydrogens is 260 g/mol. The van der Waals surface area contributed by atoms with Crippen molar-refractivity contribution in [1.29, 1.82) is 0 Å². The van der Waals surface area contributed by atoms with Crippen LogP contribution >= 0.6 is 0 Å². The lowest BCUT2D eigenvalue weighted by Gasteiger charge is -2.41. The fourth-order valence-corrected chi connectivity index (χ4v) is 2.23. The Hall–Kier alpha value is -0.850. The summed E-state index contributed by atoms with van der Waals surface area (Å²) >= 11 is 0. The average Bonchev–Trinajstić information content (AvgIpc) is 2.36. The minimum Gasteiger partial charge on any atom is -0.444 e. The second-order valence-electron chi connectivity index (χ2n) is 6.33. The Morgan fingerprint density at radius 2 is 2.05 bits per heavy atom. The number of β-amino-alcohol motifs (C(OH)–C–C–N with tert-alkyl or cyclic N) is 1. The highest BCUT2D eigenvalue weighted by Crippen LogP contribution is 2.16. The zero-order chi connectivity index (χ0) is 15.3. The average molecular weight is 288 g/mol. The molecule has 6 heteroatoms. The van der Waals surface area contributed by atoms with Crippen LogP contribution < -0.4 is 0 Å². The Labute approximate surface area is 121 Å². The van der Waals surface area contributed by atoms with Gasteiger partial charge in [-0.1, -0.05) is 6.92 Å². The van der Waals surface area contributed by atoms with Crippen molar-refractivity contribution >= 4 is 6.09 Å². The lowest BCUT2D eigenvalue weighted by atomic mass is 10.1. The number of rotatable bonds is 4. The van der Waals surface area contributed by atoms with Gasteiger partial charge in [0, 0.05) is 26.2 Å².